The van der Waals surface area contributed by atoms with Gasteiger partial charge in [0.05, 0.1) is 6.54 Å². The van der Waals surface area contributed by atoms with Gasteiger partial charge in [0.15, 0.2) is 0 Å². The van der Waals surface area contributed by atoms with Crippen molar-refractivity contribution in [3.05, 3.63) is 0 Å². The van der Waals surface area contributed by atoms with Gasteiger partial charge in [0, 0.05) is 12.6 Å². The number of rotatable bonds is 4. The number of carbonyl (C=O) groups is 2. The van der Waals surface area contributed by atoms with Crippen molar-refractivity contribution in [2.24, 2.45) is 5.73 Å². The maximum Gasteiger partial charge on any atom is 0.318 e. The van der Waals surface area contributed by atoms with Crippen LogP contribution in [-0.4, -0.2) is 47.7 Å². The Bertz CT molecular complexity index is 256. The topological polar surface area (TPSA) is 95.7 Å². The van der Waals surface area contributed by atoms with Gasteiger partial charge < -0.3 is 10.8 Å². The third-order valence-electron chi connectivity index (χ3n) is 2.82. The van der Waals surface area contributed by atoms with Crippen molar-refractivity contribution in [2.75, 3.05) is 19.7 Å². The summed E-state index contributed by atoms with van der Waals surface area (Å²) in [5, 5.41) is 11.0. The van der Waals surface area contributed by atoms with Crippen LogP contribution in [0.15, 0.2) is 0 Å². The molecule has 3 amide bonds. The molecule has 6 nitrogen and oxygen atoms in total. The number of amides is 3. The summed E-state index contributed by atoms with van der Waals surface area (Å²) < 4.78 is 0. The summed E-state index contributed by atoms with van der Waals surface area (Å²) in [7, 11) is 0. The third kappa shape index (κ3) is 4.16. The Kier molecular flexibility index (Phi) is 5.21. The molecule has 1 saturated heterocycles. The number of carbonyl (C=O) groups excluding carboxylic acids is 2. The lowest BCUT2D eigenvalue weighted by molar-refractivity contribution is -0.122. The van der Waals surface area contributed by atoms with Crippen LogP contribution in [0.5, 0.6) is 0 Å². The highest BCUT2D eigenvalue weighted by atomic mass is 16.3. The summed E-state index contributed by atoms with van der Waals surface area (Å²) >= 11 is 0. The van der Waals surface area contributed by atoms with Gasteiger partial charge in [-0.05, 0) is 25.8 Å². The number of hydrogen-bond donors (Lipinski definition) is 3. The minimum Gasteiger partial charge on any atom is -0.396 e. The molecule has 16 heavy (non-hydrogen) atoms. The lowest BCUT2D eigenvalue weighted by atomic mass is 10.00. The zero-order chi connectivity index (χ0) is 12.0. The van der Waals surface area contributed by atoms with E-state index in [0.29, 0.717) is 6.42 Å². The van der Waals surface area contributed by atoms with E-state index >= 15 is 0 Å². The zero-order valence-electron chi connectivity index (χ0n) is 9.32. The predicted molar refractivity (Wildman–Crippen MR) is 58.6 cm³/mol. The van der Waals surface area contributed by atoms with Crippen LogP contribution < -0.4 is 11.1 Å². The third-order valence-corrected chi connectivity index (χ3v) is 2.82. The number of nitrogens with zero attached hydrogens (tertiary/aromatic N) is 1. The zero-order valence-corrected chi connectivity index (χ0v) is 9.32. The van der Waals surface area contributed by atoms with Crippen LogP contribution in [0.25, 0.3) is 0 Å². The van der Waals surface area contributed by atoms with Crippen molar-refractivity contribution >= 4 is 11.9 Å². The van der Waals surface area contributed by atoms with Gasteiger partial charge in [0.1, 0.15) is 0 Å². The summed E-state index contributed by atoms with van der Waals surface area (Å²) in [6.45, 7) is 1.13. The summed E-state index contributed by atoms with van der Waals surface area (Å²) in [5.41, 5.74) is 4.86. The molecule has 0 radical (unpaired) electrons. The fourth-order valence-electron chi connectivity index (χ4n) is 2.11. The van der Waals surface area contributed by atoms with E-state index in [1.807, 2.05) is 10.2 Å². The van der Waals surface area contributed by atoms with E-state index in [0.717, 1.165) is 25.8 Å². The van der Waals surface area contributed by atoms with Crippen LogP contribution in [0.2, 0.25) is 0 Å². The second-order valence-electron chi connectivity index (χ2n) is 4.04. The maximum atomic E-state index is 11.4. The van der Waals surface area contributed by atoms with E-state index in [2.05, 4.69) is 0 Å². The molecule has 92 valence electrons. The Morgan fingerprint density at radius 1 is 1.44 bits per heavy atom. The quantitative estimate of drug-likeness (QED) is 0.601. The van der Waals surface area contributed by atoms with Gasteiger partial charge in [-0.1, -0.05) is 6.42 Å². The Hall–Kier alpha value is -1.14. The van der Waals surface area contributed by atoms with Gasteiger partial charge in [0.25, 0.3) is 0 Å². The number of likely N-dealkylation sites (tertiary alicyclic amines) is 1. The Morgan fingerprint density at radius 3 is 2.81 bits per heavy atom. The Balaban J connectivity index is 2.42. The van der Waals surface area contributed by atoms with E-state index in [1.165, 1.54) is 0 Å². The lowest BCUT2D eigenvalue weighted by Gasteiger charge is -2.34. The number of piperidine rings is 1. The van der Waals surface area contributed by atoms with Gasteiger partial charge in [-0.2, -0.15) is 0 Å². The molecule has 1 heterocycles. The maximum absolute atomic E-state index is 11.4. The minimum atomic E-state index is -0.819. The molecule has 0 aromatic rings. The fourth-order valence-corrected chi connectivity index (χ4v) is 2.11. The molecule has 1 unspecified atom stereocenters. The molecule has 1 fully saturated rings. The van der Waals surface area contributed by atoms with Crippen molar-refractivity contribution < 1.29 is 14.7 Å². The number of nitrogens with two attached hydrogens (primary N) is 1. The molecule has 0 saturated carbocycles. The SMILES string of the molecule is NC(=O)NC(=O)CN1CCCCC1CCO. The van der Waals surface area contributed by atoms with Crippen LogP contribution in [0.4, 0.5) is 4.79 Å². The Morgan fingerprint density at radius 2 is 2.19 bits per heavy atom. The summed E-state index contributed by atoms with van der Waals surface area (Å²) in [6, 6.07) is -0.585. The highest BCUT2D eigenvalue weighted by Gasteiger charge is 2.23. The van der Waals surface area contributed by atoms with Crippen molar-refractivity contribution in [3.63, 3.8) is 0 Å². The molecule has 6 heteroatoms. The van der Waals surface area contributed by atoms with E-state index in [9.17, 15) is 9.59 Å². The molecule has 1 rings (SSSR count). The molecule has 1 aliphatic heterocycles. The van der Waals surface area contributed by atoms with E-state index in [1.54, 1.807) is 0 Å². The normalized spacial score (nSPS) is 21.7. The first kappa shape index (κ1) is 12.9. The average Bonchev–Trinajstić information content (AvgIpc) is 2.20. The highest BCUT2D eigenvalue weighted by Crippen LogP contribution is 2.18. The van der Waals surface area contributed by atoms with Crippen molar-refractivity contribution in [1.29, 1.82) is 0 Å². The number of primary amides is 1. The second kappa shape index (κ2) is 6.44. The van der Waals surface area contributed by atoms with Crippen molar-refractivity contribution in [3.8, 4) is 0 Å². The molecule has 0 bridgehead atoms. The average molecular weight is 229 g/mol. The van der Waals surface area contributed by atoms with Gasteiger partial charge >= 0.3 is 6.03 Å². The largest absolute Gasteiger partial charge is 0.396 e. The van der Waals surface area contributed by atoms with Crippen LogP contribution >= 0.6 is 0 Å². The molecule has 0 aromatic heterocycles. The molecule has 0 aromatic carbocycles. The first-order chi connectivity index (χ1) is 7.63. The first-order valence-electron chi connectivity index (χ1n) is 5.57. The summed E-state index contributed by atoms with van der Waals surface area (Å²) in [4.78, 5) is 23.8. The van der Waals surface area contributed by atoms with E-state index < -0.39 is 6.03 Å². The van der Waals surface area contributed by atoms with E-state index in [4.69, 9.17) is 10.8 Å². The number of urea groups is 1. The summed E-state index contributed by atoms with van der Waals surface area (Å²) in [5.74, 6) is -0.377. The van der Waals surface area contributed by atoms with Crippen LogP contribution in [0.1, 0.15) is 25.7 Å². The first-order valence-corrected chi connectivity index (χ1v) is 5.57. The molecular weight excluding hydrogens is 210 g/mol. The summed E-state index contributed by atoms with van der Waals surface area (Å²) in [6.07, 6.45) is 3.83. The van der Waals surface area contributed by atoms with Gasteiger partial charge in [-0.3, -0.25) is 15.0 Å². The molecule has 0 spiro atoms. The van der Waals surface area contributed by atoms with Gasteiger partial charge in [0.2, 0.25) is 5.91 Å². The number of nitrogens with one attached hydrogen (secondary N) is 1. The van der Waals surface area contributed by atoms with Crippen molar-refractivity contribution in [2.45, 2.75) is 31.7 Å². The van der Waals surface area contributed by atoms with Crippen LogP contribution in [0.3, 0.4) is 0 Å². The molecule has 1 atom stereocenters. The number of aliphatic hydroxyl groups is 1. The van der Waals surface area contributed by atoms with E-state index in [-0.39, 0.29) is 25.1 Å². The molecule has 0 aliphatic carbocycles. The number of aliphatic hydroxyl groups excluding tert-OH is 1. The van der Waals surface area contributed by atoms with Gasteiger partial charge in [-0.25, -0.2) is 4.79 Å². The highest BCUT2D eigenvalue weighted by molar-refractivity contribution is 5.94. The molecule has 1 aliphatic rings. The van der Waals surface area contributed by atoms with Crippen LogP contribution in [0, 0.1) is 0 Å². The fraction of sp³-hybridized carbons (Fsp3) is 0.800. The second-order valence-corrected chi connectivity index (χ2v) is 4.04. The standard InChI is InChI=1S/C10H19N3O3/c11-10(16)12-9(15)7-13-5-2-1-3-8(13)4-6-14/h8,14H,1-7H2,(H3,11,12,15,16). The van der Waals surface area contributed by atoms with Crippen LogP contribution in [-0.2, 0) is 4.79 Å². The monoisotopic (exact) mass is 229 g/mol. The lowest BCUT2D eigenvalue weighted by Crippen LogP contribution is -2.47. The van der Waals surface area contributed by atoms with Gasteiger partial charge in [-0.15, -0.1) is 0 Å². The minimum absolute atomic E-state index is 0.124. The smallest absolute Gasteiger partial charge is 0.318 e. The van der Waals surface area contributed by atoms with Crippen molar-refractivity contribution in [1.82, 2.24) is 10.2 Å². The molecule has 4 N–H and O–H groups in total. The number of imide groups is 1. The predicted octanol–water partition coefficient (Wildman–Crippen LogP) is -0.582. The Labute approximate surface area is 94.8 Å². The molecular formula is C10H19N3O3. The number of hydrogen-bond acceptors (Lipinski definition) is 4.